The number of rotatable bonds is 12. The molecule has 3 atom stereocenters. The minimum Gasteiger partial charge on any atom is -0.469 e. The Kier molecular flexibility index (Phi) is 10.5. The van der Waals surface area contributed by atoms with Crippen molar-refractivity contribution in [2.24, 2.45) is 23.7 Å². The number of methoxy groups -OCH3 is 1. The van der Waals surface area contributed by atoms with Crippen LogP contribution in [-0.2, 0) is 21.5 Å². The highest BCUT2D eigenvalue weighted by Gasteiger charge is 2.53. The van der Waals surface area contributed by atoms with Gasteiger partial charge in [-0.1, -0.05) is 18.6 Å². The monoisotopic (exact) mass is 647 g/mol. The number of carbonyl (C=O) groups excluding carboxylic acids is 1. The summed E-state index contributed by atoms with van der Waals surface area (Å²) < 4.78 is 35.1. The predicted octanol–water partition coefficient (Wildman–Crippen LogP) is 5.67. The number of nitriles is 1. The van der Waals surface area contributed by atoms with E-state index in [1.54, 1.807) is 12.1 Å². The summed E-state index contributed by atoms with van der Waals surface area (Å²) in [5, 5.41) is 9.51. The fraction of sp³-hybridized carbons (Fsp3) is 0.632. The molecule has 0 unspecified atom stereocenters. The van der Waals surface area contributed by atoms with Crippen LogP contribution in [-0.4, -0.2) is 94.2 Å². The minimum absolute atomic E-state index is 0.141. The van der Waals surface area contributed by atoms with Crippen LogP contribution in [0.4, 0.5) is 14.5 Å². The van der Waals surface area contributed by atoms with Crippen molar-refractivity contribution in [1.82, 2.24) is 14.7 Å². The number of ether oxygens (including phenoxy) is 1. The first-order valence-corrected chi connectivity index (χ1v) is 17.6. The van der Waals surface area contributed by atoms with Crippen molar-refractivity contribution >= 4 is 11.7 Å². The number of halogens is 2. The lowest BCUT2D eigenvalue weighted by Gasteiger charge is -2.54. The van der Waals surface area contributed by atoms with Gasteiger partial charge in [-0.2, -0.15) is 5.26 Å². The number of piperidine rings is 1. The summed E-state index contributed by atoms with van der Waals surface area (Å²) in [6.07, 6.45) is 6.90. The molecule has 254 valence electrons. The van der Waals surface area contributed by atoms with Crippen molar-refractivity contribution in [1.29, 1.82) is 5.26 Å². The summed E-state index contributed by atoms with van der Waals surface area (Å²) in [6, 6.07) is 12.8. The first kappa shape index (κ1) is 33.8. The molecule has 4 fully saturated rings. The number of nitrogens with zero attached hydrogens (tertiary/aromatic N) is 5. The molecule has 2 aromatic carbocycles. The molecule has 0 radical (unpaired) electrons. The number of hydrogen-bond acceptors (Lipinski definition) is 7. The van der Waals surface area contributed by atoms with E-state index >= 15 is 4.39 Å². The highest BCUT2D eigenvalue weighted by Crippen LogP contribution is 2.54. The SMILES string of the molecule is COC(=O)C[C@H]1CCC[C@@H]1[C@](CN1CCC1)(c1cccc(F)c1)C1CCN(CC2CN(c3cc(CN(C)C)c(C#N)cc3F)C2)CC1. The molecular weight excluding hydrogens is 596 g/mol. The van der Waals surface area contributed by atoms with E-state index in [-0.39, 0.29) is 28.9 Å². The van der Waals surface area contributed by atoms with Gasteiger partial charge in [0.25, 0.3) is 0 Å². The molecule has 7 nitrogen and oxygen atoms in total. The summed E-state index contributed by atoms with van der Waals surface area (Å²) in [7, 11) is 5.38. The van der Waals surface area contributed by atoms with Gasteiger partial charge >= 0.3 is 5.97 Å². The number of esters is 1. The van der Waals surface area contributed by atoms with Gasteiger partial charge < -0.3 is 24.3 Å². The zero-order chi connectivity index (χ0) is 33.1. The second-order valence-corrected chi connectivity index (χ2v) is 14.9. The molecule has 3 aliphatic heterocycles. The zero-order valence-electron chi connectivity index (χ0n) is 28.4. The summed E-state index contributed by atoms with van der Waals surface area (Å²) in [5.74, 6) is 0.761. The van der Waals surface area contributed by atoms with Gasteiger partial charge in [-0.25, -0.2) is 8.78 Å². The third-order valence-electron chi connectivity index (χ3n) is 11.7. The van der Waals surface area contributed by atoms with Gasteiger partial charge in [0, 0.05) is 50.5 Å². The lowest BCUT2D eigenvalue weighted by Crippen LogP contribution is -2.58. The smallest absolute Gasteiger partial charge is 0.305 e. The van der Waals surface area contributed by atoms with Crippen LogP contribution in [0.1, 0.15) is 61.6 Å². The van der Waals surface area contributed by atoms with Crippen LogP contribution in [0, 0.1) is 46.6 Å². The first-order valence-electron chi connectivity index (χ1n) is 17.6. The maximum Gasteiger partial charge on any atom is 0.305 e. The van der Waals surface area contributed by atoms with Crippen LogP contribution >= 0.6 is 0 Å². The Morgan fingerprint density at radius 1 is 1.02 bits per heavy atom. The Morgan fingerprint density at radius 3 is 2.43 bits per heavy atom. The molecule has 0 spiro atoms. The average Bonchev–Trinajstić information content (AvgIpc) is 3.47. The van der Waals surface area contributed by atoms with Gasteiger partial charge in [0.2, 0.25) is 0 Å². The molecule has 9 heteroatoms. The summed E-state index contributed by atoms with van der Waals surface area (Å²) in [6.45, 7) is 8.27. The van der Waals surface area contributed by atoms with Crippen LogP contribution in [0.5, 0.6) is 0 Å². The zero-order valence-corrected chi connectivity index (χ0v) is 28.4. The van der Waals surface area contributed by atoms with Crippen LogP contribution < -0.4 is 4.90 Å². The van der Waals surface area contributed by atoms with Gasteiger partial charge in [0.05, 0.1) is 24.4 Å². The number of carbonyl (C=O) groups is 1. The first-order chi connectivity index (χ1) is 22.7. The molecule has 1 aliphatic carbocycles. The van der Waals surface area contributed by atoms with Crippen LogP contribution in [0.15, 0.2) is 36.4 Å². The van der Waals surface area contributed by atoms with Gasteiger partial charge in [-0.15, -0.1) is 0 Å². The topological polar surface area (TPSA) is 63.1 Å². The number of anilines is 1. The average molecular weight is 648 g/mol. The molecule has 6 rings (SSSR count). The van der Waals surface area contributed by atoms with E-state index in [2.05, 4.69) is 26.8 Å². The molecule has 0 amide bonds. The number of likely N-dealkylation sites (tertiary alicyclic amines) is 2. The maximum absolute atomic E-state index is 15.0. The molecule has 0 bridgehead atoms. The lowest BCUT2D eigenvalue weighted by atomic mass is 9.56. The Hall–Kier alpha value is -3.06. The fourth-order valence-electron chi connectivity index (χ4n) is 9.34. The molecule has 1 saturated carbocycles. The lowest BCUT2D eigenvalue weighted by molar-refractivity contribution is -0.142. The Bertz CT molecular complexity index is 1440. The van der Waals surface area contributed by atoms with E-state index in [1.807, 2.05) is 31.1 Å². The van der Waals surface area contributed by atoms with E-state index in [0.717, 1.165) is 95.6 Å². The minimum atomic E-state index is -0.323. The van der Waals surface area contributed by atoms with Crippen LogP contribution in [0.2, 0.25) is 0 Å². The Labute approximate surface area is 279 Å². The maximum atomic E-state index is 15.0. The van der Waals surface area contributed by atoms with Crippen molar-refractivity contribution < 1.29 is 18.3 Å². The highest BCUT2D eigenvalue weighted by molar-refractivity contribution is 5.69. The van der Waals surface area contributed by atoms with Crippen molar-refractivity contribution in [3.05, 3.63) is 64.7 Å². The molecule has 2 aromatic rings. The van der Waals surface area contributed by atoms with Crippen LogP contribution in [0.3, 0.4) is 0 Å². The third kappa shape index (κ3) is 7.21. The third-order valence-corrected chi connectivity index (χ3v) is 11.7. The van der Waals surface area contributed by atoms with E-state index in [9.17, 15) is 14.4 Å². The van der Waals surface area contributed by atoms with Crippen molar-refractivity contribution in [3.8, 4) is 6.07 Å². The molecule has 4 aliphatic rings. The largest absolute Gasteiger partial charge is 0.469 e. The predicted molar refractivity (Wildman–Crippen MR) is 180 cm³/mol. The molecule has 3 saturated heterocycles. The number of hydrogen-bond donors (Lipinski definition) is 0. The van der Waals surface area contributed by atoms with E-state index in [0.29, 0.717) is 42.0 Å². The normalized spacial score (nSPS) is 24.1. The van der Waals surface area contributed by atoms with Gasteiger partial charge in [-0.3, -0.25) is 4.79 Å². The van der Waals surface area contributed by atoms with E-state index in [1.165, 1.54) is 19.6 Å². The van der Waals surface area contributed by atoms with E-state index in [4.69, 9.17) is 4.74 Å². The molecule has 0 aromatic heterocycles. The van der Waals surface area contributed by atoms with Crippen LogP contribution in [0.25, 0.3) is 0 Å². The van der Waals surface area contributed by atoms with E-state index < -0.39 is 0 Å². The summed E-state index contributed by atoms with van der Waals surface area (Å²) in [4.78, 5) is 21.8. The molecule has 0 N–H and O–H groups in total. The van der Waals surface area contributed by atoms with Gasteiger partial charge in [0.1, 0.15) is 11.6 Å². The number of benzene rings is 2. The second kappa shape index (κ2) is 14.6. The van der Waals surface area contributed by atoms with Gasteiger partial charge in [0.15, 0.2) is 0 Å². The Balaban J connectivity index is 1.16. The quantitative estimate of drug-likeness (QED) is 0.275. The molecule has 47 heavy (non-hydrogen) atoms. The highest BCUT2D eigenvalue weighted by atomic mass is 19.1. The summed E-state index contributed by atoms with van der Waals surface area (Å²) >= 11 is 0. The molecular formula is C38H51F2N5O2. The van der Waals surface area contributed by atoms with Gasteiger partial charge in [-0.05, 0) is 126 Å². The fourth-order valence-corrected chi connectivity index (χ4v) is 9.34. The second-order valence-electron chi connectivity index (χ2n) is 14.9. The summed E-state index contributed by atoms with van der Waals surface area (Å²) in [5.41, 5.74) is 2.75. The van der Waals surface area contributed by atoms with Crippen molar-refractivity contribution in [2.45, 2.75) is 56.9 Å². The van der Waals surface area contributed by atoms with Crippen molar-refractivity contribution in [2.75, 3.05) is 78.5 Å². The molecule has 3 heterocycles. The Morgan fingerprint density at radius 2 is 1.79 bits per heavy atom. The van der Waals surface area contributed by atoms with Crippen molar-refractivity contribution in [3.63, 3.8) is 0 Å². The standard InChI is InChI=1S/C38H51F2N5O2/c1-42(2)25-30-18-36(35(40)17-29(30)21-41)45-23-27(24-45)22-43-15-11-31(12-16-43)38(26-44-13-6-14-44,32-8-5-9-33(39)20-32)34-10-4-7-28(34)19-37(46)47-3/h5,8-9,17-18,20,27-28,31,34H,4,6-7,10-16,19,22-26H2,1-3H3/t28-,34+,38+/m1/s1.